The monoisotopic (exact) mass is 301 g/mol. The van der Waals surface area contributed by atoms with E-state index in [1.165, 1.54) is 0 Å². The van der Waals surface area contributed by atoms with Gasteiger partial charge in [-0.3, -0.25) is 9.59 Å². The minimum atomic E-state index is -4.31. The Bertz CT molecular complexity index is 317. The van der Waals surface area contributed by atoms with Crippen molar-refractivity contribution in [3.05, 3.63) is 0 Å². The van der Waals surface area contributed by atoms with E-state index in [0.29, 0.717) is 24.6 Å². The molecule has 0 aliphatic rings. The molecule has 0 unspecified atom stereocenters. The third kappa shape index (κ3) is 7.97. The minimum absolute atomic E-state index is 0.240. The van der Waals surface area contributed by atoms with E-state index < -0.39 is 29.3 Å². The lowest BCUT2D eigenvalue weighted by Crippen LogP contribution is -2.49. The molecule has 0 heterocycles. The minimum Gasteiger partial charge on any atom is -0.481 e. The number of alkyl halides is 3. The number of carboxylic acid groups (broad SMARTS) is 1. The fourth-order valence-corrected chi connectivity index (χ4v) is 2.19. The van der Waals surface area contributed by atoms with Crippen LogP contribution in [-0.4, -0.2) is 40.2 Å². The molecule has 0 aromatic carbocycles. The van der Waals surface area contributed by atoms with Crippen LogP contribution in [0.4, 0.5) is 13.2 Å². The van der Waals surface area contributed by atoms with Crippen molar-refractivity contribution in [1.29, 1.82) is 0 Å². The number of hydrogen-bond acceptors (Lipinski definition) is 3. The standard InChI is InChI=1S/C11H18F3NO3S/c1-3-10(4-2,5-9(17)18)15-8(16)6-19-7-11(12,13)14/h3-7H2,1-2H3,(H,15,16)(H,17,18). The van der Waals surface area contributed by atoms with Crippen LogP contribution < -0.4 is 5.32 Å². The maximum atomic E-state index is 11.9. The molecule has 0 aromatic heterocycles. The Labute approximate surface area is 114 Å². The predicted octanol–water partition coefficient (Wildman–Crippen LogP) is 2.43. The number of amides is 1. The molecule has 0 aliphatic heterocycles. The van der Waals surface area contributed by atoms with Crippen LogP contribution in [0.15, 0.2) is 0 Å². The maximum absolute atomic E-state index is 11.9. The highest BCUT2D eigenvalue weighted by atomic mass is 32.2. The Balaban J connectivity index is 4.36. The van der Waals surface area contributed by atoms with Gasteiger partial charge in [0.25, 0.3) is 0 Å². The number of carboxylic acids is 1. The number of thioether (sulfide) groups is 1. The number of carbonyl (C=O) groups excluding carboxylic acids is 1. The van der Waals surface area contributed by atoms with Gasteiger partial charge in [-0.15, -0.1) is 11.8 Å². The molecule has 8 heteroatoms. The molecular weight excluding hydrogens is 283 g/mol. The predicted molar refractivity (Wildman–Crippen MR) is 67.1 cm³/mol. The summed E-state index contributed by atoms with van der Waals surface area (Å²) >= 11 is 0.464. The van der Waals surface area contributed by atoms with E-state index in [-0.39, 0.29) is 12.2 Å². The van der Waals surface area contributed by atoms with Crippen molar-refractivity contribution in [2.45, 2.75) is 44.8 Å². The van der Waals surface area contributed by atoms with E-state index in [1.807, 2.05) is 0 Å². The van der Waals surface area contributed by atoms with Gasteiger partial charge in [0.15, 0.2) is 0 Å². The summed E-state index contributed by atoms with van der Waals surface area (Å²) in [6, 6.07) is 0. The molecule has 0 aliphatic carbocycles. The van der Waals surface area contributed by atoms with Crippen LogP contribution in [-0.2, 0) is 9.59 Å². The molecule has 0 rings (SSSR count). The second kappa shape index (κ2) is 7.62. The van der Waals surface area contributed by atoms with Crippen molar-refractivity contribution in [1.82, 2.24) is 5.32 Å². The number of halogens is 3. The SMILES string of the molecule is CCC(CC)(CC(=O)O)NC(=O)CSCC(F)(F)F. The van der Waals surface area contributed by atoms with Crippen LogP contribution in [0.3, 0.4) is 0 Å². The van der Waals surface area contributed by atoms with Gasteiger partial charge in [-0.2, -0.15) is 13.2 Å². The van der Waals surface area contributed by atoms with E-state index in [9.17, 15) is 22.8 Å². The van der Waals surface area contributed by atoms with Gasteiger partial charge in [-0.25, -0.2) is 0 Å². The van der Waals surface area contributed by atoms with Crippen LogP contribution >= 0.6 is 11.8 Å². The van der Waals surface area contributed by atoms with Crippen LogP contribution in [0.1, 0.15) is 33.1 Å². The summed E-state index contributed by atoms with van der Waals surface area (Å²) < 4.78 is 35.8. The molecule has 0 fully saturated rings. The zero-order valence-corrected chi connectivity index (χ0v) is 11.7. The van der Waals surface area contributed by atoms with Crippen molar-refractivity contribution >= 4 is 23.6 Å². The van der Waals surface area contributed by atoms with E-state index in [4.69, 9.17) is 5.11 Å². The fourth-order valence-electron chi connectivity index (χ4n) is 1.60. The molecule has 0 spiro atoms. The second-order valence-corrected chi connectivity index (χ2v) is 5.20. The third-order valence-corrected chi connectivity index (χ3v) is 3.74. The lowest BCUT2D eigenvalue weighted by atomic mass is 9.89. The number of aliphatic carboxylic acids is 1. The number of hydrogen-bond donors (Lipinski definition) is 2. The zero-order valence-electron chi connectivity index (χ0n) is 10.8. The van der Waals surface area contributed by atoms with E-state index in [1.54, 1.807) is 13.8 Å². The second-order valence-electron chi connectivity index (χ2n) is 4.21. The Morgan fingerprint density at radius 3 is 2.11 bits per heavy atom. The smallest absolute Gasteiger partial charge is 0.397 e. The number of carbonyl (C=O) groups is 2. The highest BCUT2D eigenvalue weighted by Gasteiger charge is 2.32. The molecule has 0 radical (unpaired) electrons. The summed E-state index contributed by atoms with van der Waals surface area (Å²) in [5, 5.41) is 11.3. The number of nitrogens with one attached hydrogen (secondary N) is 1. The lowest BCUT2D eigenvalue weighted by Gasteiger charge is -2.31. The summed E-state index contributed by atoms with van der Waals surface area (Å²) in [6.07, 6.45) is -3.73. The van der Waals surface area contributed by atoms with Crippen LogP contribution in [0.5, 0.6) is 0 Å². The fraction of sp³-hybridized carbons (Fsp3) is 0.818. The third-order valence-electron chi connectivity index (χ3n) is 2.75. The van der Waals surface area contributed by atoms with Gasteiger partial charge in [0.05, 0.1) is 17.9 Å². The average molecular weight is 301 g/mol. The summed E-state index contributed by atoms with van der Waals surface area (Å²) in [4.78, 5) is 22.3. The summed E-state index contributed by atoms with van der Waals surface area (Å²) in [5.74, 6) is -3.04. The first-order chi connectivity index (χ1) is 8.64. The van der Waals surface area contributed by atoms with Gasteiger partial charge >= 0.3 is 12.1 Å². The summed E-state index contributed by atoms with van der Waals surface area (Å²) in [7, 11) is 0. The van der Waals surface area contributed by atoms with Crippen molar-refractivity contribution in [3.8, 4) is 0 Å². The Hall–Kier alpha value is -0.920. The zero-order chi connectivity index (χ0) is 15.1. The topological polar surface area (TPSA) is 66.4 Å². The molecule has 0 aromatic rings. The molecule has 0 saturated heterocycles. The van der Waals surface area contributed by atoms with Crippen molar-refractivity contribution in [2.75, 3.05) is 11.5 Å². The van der Waals surface area contributed by atoms with Crippen LogP contribution in [0.2, 0.25) is 0 Å². The van der Waals surface area contributed by atoms with Crippen molar-refractivity contribution in [3.63, 3.8) is 0 Å². The van der Waals surface area contributed by atoms with Gasteiger partial charge in [0, 0.05) is 5.54 Å². The number of rotatable bonds is 8. The average Bonchev–Trinajstić information content (AvgIpc) is 2.25. The summed E-state index contributed by atoms with van der Waals surface area (Å²) in [5.41, 5.74) is -0.887. The van der Waals surface area contributed by atoms with Gasteiger partial charge in [-0.05, 0) is 12.8 Å². The van der Waals surface area contributed by atoms with E-state index in [0.717, 1.165) is 0 Å². The quantitative estimate of drug-likeness (QED) is 0.722. The molecule has 2 N–H and O–H groups in total. The van der Waals surface area contributed by atoms with Crippen molar-refractivity contribution < 1.29 is 27.9 Å². The Kier molecular flexibility index (Phi) is 7.25. The molecular formula is C11H18F3NO3S. The largest absolute Gasteiger partial charge is 0.481 e. The van der Waals surface area contributed by atoms with Gasteiger partial charge < -0.3 is 10.4 Å². The molecule has 0 saturated carbocycles. The maximum Gasteiger partial charge on any atom is 0.397 e. The highest BCUT2D eigenvalue weighted by molar-refractivity contribution is 8.00. The Morgan fingerprint density at radius 1 is 1.21 bits per heavy atom. The molecule has 4 nitrogen and oxygen atoms in total. The van der Waals surface area contributed by atoms with Gasteiger partial charge in [0.1, 0.15) is 0 Å². The molecule has 0 atom stereocenters. The van der Waals surface area contributed by atoms with Gasteiger partial charge in [0.2, 0.25) is 5.91 Å². The van der Waals surface area contributed by atoms with E-state index >= 15 is 0 Å². The molecule has 1 amide bonds. The highest BCUT2D eigenvalue weighted by Crippen LogP contribution is 2.22. The lowest BCUT2D eigenvalue weighted by molar-refractivity contribution is -0.139. The first kappa shape index (κ1) is 18.1. The molecule has 112 valence electrons. The first-order valence-corrected chi connectivity index (χ1v) is 6.97. The summed E-state index contributed by atoms with van der Waals surface area (Å²) in [6.45, 7) is 3.46. The van der Waals surface area contributed by atoms with Crippen LogP contribution in [0.25, 0.3) is 0 Å². The molecule has 0 bridgehead atoms. The Morgan fingerprint density at radius 2 is 1.74 bits per heavy atom. The molecule has 19 heavy (non-hydrogen) atoms. The van der Waals surface area contributed by atoms with Crippen LogP contribution in [0, 0.1) is 0 Å². The van der Waals surface area contributed by atoms with Crippen molar-refractivity contribution in [2.24, 2.45) is 0 Å². The van der Waals surface area contributed by atoms with Gasteiger partial charge in [-0.1, -0.05) is 13.8 Å². The first-order valence-electron chi connectivity index (χ1n) is 5.81. The normalized spacial score (nSPS) is 12.3. The van der Waals surface area contributed by atoms with E-state index in [2.05, 4.69) is 5.32 Å².